The van der Waals surface area contributed by atoms with Gasteiger partial charge in [-0.2, -0.15) is 18.2 Å². The van der Waals surface area contributed by atoms with Gasteiger partial charge in [0.2, 0.25) is 5.95 Å². The largest absolute Gasteiger partial charge is 0.416 e. The highest BCUT2D eigenvalue weighted by atomic mass is 19.4. The smallest absolute Gasteiger partial charge is 0.354 e. The predicted octanol–water partition coefficient (Wildman–Crippen LogP) is 4.86. The van der Waals surface area contributed by atoms with Crippen LogP contribution in [-0.4, -0.2) is 16.5 Å². The van der Waals surface area contributed by atoms with E-state index in [4.69, 9.17) is 0 Å². The van der Waals surface area contributed by atoms with Gasteiger partial charge in [0.1, 0.15) is 5.82 Å². The van der Waals surface area contributed by atoms with E-state index < -0.39 is 11.7 Å². The average molecular weight is 336 g/mol. The van der Waals surface area contributed by atoms with Crippen LogP contribution in [0, 0.1) is 6.92 Å². The first-order valence-electron chi connectivity index (χ1n) is 7.94. The predicted molar refractivity (Wildman–Crippen MR) is 87.6 cm³/mol. The van der Waals surface area contributed by atoms with E-state index in [1.54, 1.807) is 6.07 Å². The molecule has 1 saturated carbocycles. The molecule has 0 bridgehead atoms. The second-order valence-corrected chi connectivity index (χ2v) is 5.96. The van der Waals surface area contributed by atoms with E-state index in [0.29, 0.717) is 29.9 Å². The Bertz CT molecular complexity index is 739. The van der Waals surface area contributed by atoms with Crippen LogP contribution in [0.5, 0.6) is 0 Å². The minimum Gasteiger partial charge on any atom is -0.354 e. The number of halogens is 3. The molecule has 24 heavy (non-hydrogen) atoms. The van der Waals surface area contributed by atoms with Crippen molar-refractivity contribution in [3.63, 3.8) is 0 Å². The molecule has 1 aliphatic rings. The lowest BCUT2D eigenvalue weighted by Gasteiger charge is -2.14. The van der Waals surface area contributed by atoms with Gasteiger partial charge in [-0.25, -0.2) is 4.98 Å². The fourth-order valence-corrected chi connectivity index (χ4v) is 2.51. The normalized spacial score (nSPS) is 14.5. The fraction of sp³-hybridized carbons (Fsp3) is 0.412. The summed E-state index contributed by atoms with van der Waals surface area (Å²) in [5, 5.41) is 6.03. The Labute approximate surface area is 138 Å². The van der Waals surface area contributed by atoms with E-state index in [1.165, 1.54) is 13.0 Å². The maximum atomic E-state index is 13.0. The monoisotopic (exact) mass is 336 g/mol. The molecule has 0 aliphatic heterocycles. The molecule has 1 aromatic heterocycles. The molecule has 1 fully saturated rings. The van der Waals surface area contributed by atoms with Crippen molar-refractivity contribution >= 4 is 17.5 Å². The summed E-state index contributed by atoms with van der Waals surface area (Å²) in [5.41, 5.74) is 0.834. The minimum absolute atomic E-state index is 0.197. The summed E-state index contributed by atoms with van der Waals surface area (Å²) < 4.78 is 39.1. The molecular formula is C17H19F3N4. The molecule has 2 N–H and O–H groups in total. The number of rotatable bonds is 5. The van der Waals surface area contributed by atoms with Crippen LogP contribution in [0.4, 0.5) is 30.6 Å². The van der Waals surface area contributed by atoms with E-state index in [0.717, 1.165) is 24.6 Å². The van der Waals surface area contributed by atoms with Gasteiger partial charge in [0.25, 0.3) is 0 Å². The van der Waals surface area contributed by atoms with Crippen molar-refractivity contribution in [2.24, 2.45) is 0 Å². The van der Waals surface area contributed by atoms with Gasteiger partial charge in [-0.1, -0.05) is 6.07 Å². The fourth-order valence-electron chi connectivity index (χ4n) is 2.51. The van der Waals surface area contributed by atoms with Crippen molar-refractivity contribution in [1.29, 1.82) is 0 Å². The lowest BCUT2D eigenvalue weighted by Crippen LogP contribution is -2.09. The number of alkyl halides is 3. The van der Waals surface area contributed by atoms with Crippen molar-refractivity contribution in [3.05, 3.63) is 41.1 Å². The van der Waals surface area contributed by atoms with Gasteiger partial charge in [-0.15, -0.1) is 0 Å². The van der Waals surface area contributed by atoms with Crippen molar-refractivity contribution in [3.8, 4) is 0 Å². The molecule has 3 rings (SSSR count). The first-order chi connectivity index (χ1) is 11.4. The van der Waals surface area contributed by atoms with Gasteiger partial charge in [0, 0.05) is 24.2 Å². The molecule has 4 nitrogen and oxygen atoms in total. The number of nitrogens with one attached hydrogen (secondary N) is 2. The zero-order valence-electron chi connectivity index (χ0n) is 13.5. The second kappa shape index (κ2) is 6.30. The van der Waals surface area contributed by atoms with Crippen molar-refractivity contribution in [2.75, 3.05) is 17.2 Å². The SMILES string of the molecule is CCNc1nc(Nc2ccc(C)c(C(F)(F)F)c2)cc(C2CC2)n1. The molecule has 0 unspecified atom stereocenters. The van der Waals surface area contributed by atoms with Crippen molar-refractivity contribution in [1.82, 2.24) is 9.97 Å². The summed E-state index contributed by atoms with van der Waals surface area (Å²) in [4.78, 5) is 8.78. The number of aromatic nitrogens is 2. The molecule has 0 radical (unpaired) electrons. The summed E-state index contributed by atoms with van der Waals surface area (Å²) in [6.07, 6.45) is -2.20. The molecule has 0 amide bonds. The van der Waals surface area contributed by atoms with Gasteiger partial charge in [-0.3, -0.25) is 0 Å². The number of benzene rings is 1. The van der Waals surface area contributed by atoms with Crippen LogP contribution in [-0.2, 0) is 6.18 Å². The maximum Gasteiger partial charge on any atom is 0.416 e. The molecular weight excluding hydrogens is 317 g/mol. The minimum atomic E-state index is -4.37. The number of hydrogen-bond acceptors (Lipinski definition) is 4. The van der Waals surface area contributed by atoms with E-state index in [1.807, 2.05) is 13.0 Å². The molecule has 0 spiro atoms. The van der Waals surface area contributed by atoms with Gasteiger partial charge in [0.15, 0.2) is 0 Å². The lowest BCUT2D eigenvalue weighted by molar-refractivity contribution is -0.138. The second-order valence-electron chi connectivity index (χ2n) is 5.96. The van der Waals surface area contributed by atoms with Crippen LogP contribution in [0.25, 0.3) is 0 Å². The van der Waals surface area contributed by atoms with Crippen LogP contribution >= 0.6 is 0 Å². The van der Waals surface area contributed by atoms with Crippen LogP contribution in [0.3, 0.4) is 0 Å². The lowest BCUT2D eigenvalue weighted by atomic mass is 10.1. The van der Waals surface area contributed by atoms with Crippen LogP contribution in [0.2, 0.25) is 0 Å². The van der Waals surface area contributed by atoms with E-state index >= 15 is 0 Å². The Kier molecular flexibility index (Phi) is 4.34. The highest BCUT2D eigenvalue weighted by Crippen LogP contribution is 2.40. The number of hydrogen-bond donors (Lipinski definition) is 2. The topological polar surface area (TPSA) is 49.8 Å². The first-order valence-corrected chi connectivity index (χ1v) is 7.94. The zero-order valence-corrected chi connectivity index (χ0v) is 13.5. The van der Waals surface area contributed by atoms with Gasteiger partial charge >= 0.3 is 6.18 Å². The van der Waals surface area contributed by atoms with E-state index in [-0.39, 0.29) is 5.56 Å². The molecule has 1 aromatic carbocycles. The zero-order chi connectivity index (χ0) is 17.3. The summed E-state index contributed by atoms with van der Waals surface area (Å²) in [6.45, 7) is 4.07. The quantitative estimate of drug-likeness (QED) is 0.819. The maximum absolute atomic E-state index is 13.0. The van der Waals surface area contributed by atoms with Gasteiger partial charge in [0.05, 0.1) is 11.3 Å². The van der Waals surface area contributed by atoms with Gasteiger partial charge in [-0.05, 0) is 44.4 Å². The molecule has 0 saturated heterocycles. The molecule has 2 aromatic rings. The summed E-state index contributed by atoms with van der Waals surface area (Å²) >= 11 is 0. The van der Waals surface area contributed by atoms with Gasteiger partial charge < -0.3 is 10.6 Å². The number of aryl methyl sites for hydroxylation is 1. The average Bonchev–Trinajstić information content (AvgIpc) is 3.33. The van der Waals surface area contributed by atoms with Crippen LogP contribution in [0.15, 0.2) is 24.3 Å². The first kappa shape index (κ1) is 16.5. The molecule has 1 heterocycles. The number of nitrogens with zero attached hydrogens (tertiary/aromatic N) is 2. The van der Waals surface area contributed by atoms with Crippen molar-refractivity contribution < 1.29 is 13.2 Å². The molecule has 128 valence electrons. The summed E-state index contributed by atoms with van der Waals surface area (Å²) in [6, 6.07) is 6.00. The Morgan fingerprint density at radius 2 is 1.92 bits per heavy atom. The Morgan fingerprint density at radius 3 is 2.54 bits per heavy atom. The summed E-state index contributed by atoms with van der Waals surface area (Å²) in [5.74, 6) is 1.42. The highest BCUT2D eigenvalue weighted by molar-refractivity contribution is 5.60. The Hall–Kier alpha value is -2.31. The molecule has 0 atom stereocenters. The third kappa shape index (κ3) is 3.77. The summed E-state index contributed by atoms with van der Waals surface area (Å²) in [7, 11) is 0. The van der Waals surface area contributed by atoms with Crippen LogP contribution in [0.1, 0.15) is 42.5 Å². The van der Waals surface area contributed by atoms with E-state index in [9.17, 15) is 13.2 Å². The Balaban J connectivity index is 1.90. The van der Waals surface area contributed by atoms with E-state index in [2.05, 4.69) is 20.6 Å². The third-order valence-electron chi connectivity index (χ3n) is 3.89. The molecule has 1 aliphatic carbocycles. The number of anilines is 3. The van der Waals surface area contributed by atoms with Crippen molar-refractivity contribution in [2.45, 2.75) is 38.8 Å². The highest BCUT2D eigenvalue weighted by Gasteiger charge is 2.32. The standard InChI is InChI=1S/C17H19F3N4/c1-3-21-16-23-14(11-5-6-11)9-15(24-16)22-12-7-4-10(2)13(8-12)17(18,19)20/h4,7-9,11H,3,5-6H2,1-2H3,(H2,21,22,23,24). The third-order valence-corrected chi connectivity index (χ3v) is 3.89. The molecule has 7 heteroatoms. The van der Waals surface area contributed by atoms with Crippen LogP contribution < -0.4 is 10.6 Å². The Morgan fingerprint density at radius 1 is 1.17 bits per heavy atom.